The fourth-order valence-corrected chi connectivity index (χ4v) is 13.8. The topological polar surface area (TPSA) is 24.9 Å². The Morgan fingerprint density at radius 1 is 0.212 bits per heavy atom. The summed E-state index contributed by atoms with van der Waals surface area (Å²) >= 11 is 3.51. The fourth-order valence-electron chi connectivity index (χ4n) is 13.5. The van der Waals surface area contributed by atoms with Gasteiger partial charge in [-0.25, -0.2) is 0 Å². The molecular formula is C98H78BBrN2O2. The van der Waals surface area contributed by atoms with Crippen molar-refractivity contribution < 1.29 is 9.31 Å². The van der Waals surface area contributed by atoms with Gasteiger partial charge in [0.2, 0.25) is 0 Å². The summed E-state index contributed by atoms with van der Waals surface area (Å²) in [7, 11) is -0.386. The summed E-state index contributed by atoms with van der Waals surface area (Å²) in [5.74, 6) is 0. The van der Waals surface area contributed by atoms with Gasteiger partial charge < -0.3 is 19.1 Å². The molecule has 16 aromatic carbocycles. The van der Waals surface area contributed by atoms with Crippen molar-refractivity contribution in [2.75, 3.05) is 9.80 Å². The first-order chi connectivity index (χ1) is 50.9. The SMILES string of the molecule is Brc1ccc2ccc(-c3ccccc3)cc2c1.CC1(C)OB(c2ccc(N(c3ccc(-c4ccccc4)cc3)c3ccc(-c4ccccc4)cc3)cc2)OC1(C)C.c1ccc(-c2ccc(N(c3ccc(-c4ccccc4)cc3)c3ccc(-c4ccc5ccc(-c6ccccc6)cc5c4)cc3)cc2)cc1. The normalized spacial score (nSPS) is 12.7. The Kier molecular flexibility index (Phi) is 20.1. The van der Waals surface area contributed by atoms with Crippen LogP contribution in [0.15, 0.2) is 405 Å². The van der Waals surface area contributed by atoms with Crippen molar-refractivity contribution in [1.82, 2.24) is 0 Å². The van der Waals surface area contributed by atoms with E-state index in [1.165, 1.54) is 99.4 Å². The van der Waals surface area contributed by atoms with E-state index >= 15 is 0 Å². The number of hydrogen-bond donors (Lipinski definition) is 0. The van der Waals surface area contributed by atoms with Crippen LogP contribution in [0.2, 0.25) is 0 Å². The van der Waals surface area contributed by atoms with Crippen molar-refractivity contribution in [3.05, 3.63) is 405 Å². The minimum atomic E-state index is -0.386. The molecule has 1 aliphatic heterocycles. The summed E-state index contributed by atoms with van der Waals surface area (Å²) in [6.45, 7) is 8.34. The first-order valence-corrected chi connectivity index (χ1v) is 36.3. The summed E-state index contributed by atoms with van der Waals surface area (Å²) in [5.41, 5.74) is 23.9. The van der Waals surface area contributed by atoms with Gasteiger partial charge in [0.25, 0.3) is 0 Å². The van der Waals surface area contributed by atoms with E-state index in [9.17, 15) is 0 Å². The van der Waals surface area contributed by atoms with E-state index in [1.54, 1.807) is 0 Å². The molecule has 104 heavy (non-hydrogen) atoms. The van der Waals surface area contributed by atoms with Crippen LogP contribution in [0.1, 0.15) is 27.7 Å². The lowest BCUT2D eigenvalue weighted by molar-refractivity contribution is 0.00578. The van der Waals surface area contributed by atoms with Gasteiger partial charge in [-0.1, -0.05) is 313 Å². The molecule has 6 heteroatoms. The predicted molar refractivity (Wildman–Crippen MR) is 445 cm³/mol. The lowest BCUT2D eigenvalue weighted by Gasteiger charge is -2.32. The van der Waals surface area contributed by atoms with E-state index in [0.717, 1.165) is 44.1 Å². The zero-order valence-corrected chi connectivity index (χ0v) is 60.4. The third-order valence-corrected chi connectivity index (χ3v) is 20.4. The highest BCUT2D eigenvalue weighted by molar-refractivity contribution is 9.10. The lowest BCUT2D eigenvalue weighted by Crippen LogP contribution is -2.41. The van der Waals surface area contributed by atoms with Crippen LogP contribution in [0.5, 0.6) is 0 Å². The molecule has 1 saturated heterocycles. The molecule has 0 atom stereocenters. The second kappa shape index (κ2) is 30.7. The summed E-state index contributed by atoms with van der Waals surface area (Å²) < 4.78 is 13.7. The van der Waals surface area contributed by atoms with Crippen molar-refractivity contribution >= 4 is 84.2 Å². The molecular weight excluding hydrogens is 1330 g/mol. The second-order valence-electron chi connectivity index (χ2n) is 27.3. The third kappa shape index (κ3) is 15.5. The van der Waals surface area contributed by atoms with Crippen LogP contribution in [-0.4, -0.2) is 18.3 Å². The Hall–Kier alpha value is -11.9. The fraction of sp³-hybridized carbons (Fsp3) is 0.0612. The number of nitrogens with zero attached hydrogens (tertiary/aromatic N) is 2. The monoisotopic (exact) mass is 1400 g/mol. The van der Waals surface area contributed by atoms with Crippen LogP contribution >= 0.6 is 15.9 Å². The summed E-state index contributed by atoms with van der Waals surface area (Å²) in [6.07, 6.45) is 0. The number of halogens is 1. The van der Waals surface area contributed by atoms with Crippen molar-refractivity contribution in [3.8, 4) is 77.9 Å². The first-order valence-electron chi connectivity index (χ1n) is 35.5. The van der Waals surface area contributed by atoms with Crippen molar-refractivity contribution in [3.63, 3.8) is 0 Å². The van der Waals surface area contributed by atoms with E-state index in [-0.39, 0.29) is 18.3 Å². The molecule has 16 aromatic rings. The Bertz CT molecular complexity index is 5310. The maximum atomic E-state index is 6.29. The maximum absolute atomic E-state index is 6.29. The van der Waals surface area contributed by atoms with E-state index in [4.69, 9.17) is 9.31 Å². The molecule has 0 unspecified atom stereocenters. The largest absolute Gasteiger partial charge is 0.494 e. The smallest absolute Gasteiger partial charge is 0.399 e. The summed E-state index contributed by atoms with van der Waals surface area (Å²) in [5, 5.41) is 5.02. The molecule has 0 N–H and O–H groups in total. The Balaban J connectivity index is 0.000000138. The molecule has 1 heterocycles. The third-order valence-electron chi connectivity index (χ3n) is 19.9. The van der Waals surface area contributed by atoms with Gasteiger partial charge in [0.05, 0.1) is 11.2 Å². The highest BCUT2D eigenvalue weighted by atomic mass is 79.9. The number of fused-ring (bicyclic) bond motifs is 2. The highest BCUT2D eigenvalue weighted by Gasteiger charge is 2.51. The van der Waals surface area contributed by atoms with Crippen LogP contribution < -0.4 is 15.3 Å². The Morgan fingerprint density at radius 2 is 0.413 bits per heavy atom. The van der Waals surface area contributed by atoms with Crippen LogP contribution in [-0.2, 0) is 9.31 Å². The molecule has 0 saturated carbocycles. The number of rotatable bonds is 14. The zero-order chi connectivity index (χ0) is 70.8. The average molecular weight is 1410 g/mol. The molecule has 0 aromatic heterocycles. The molecule has 0 bridgehead atoms. The summed E-state index contributed by atoms with van der Waals surface area (Å²) in [6, 6.07) is 142. The van der Waals surface area contributed by atoms with E-state index in [0.29, 0.717) is 0 Å². The Morgan fingerprint density at radius 3 is 0.683 bits per heavy atom. The summed E-state index contributed by atoms with van der Waals surface area (Å²) in [4.78, 5) is 4.62. The highest BCUT2D eigenvalue weighted by Crippen LogP contribution is 2.42. The van der Waals surface area contributed by atoms with Gasteiger partial charge in [0.1, 0.15) is 0 Å². The number of benzene rings is 16. The molecule has 1 aliphatic rings. The first kappa shape index (κ1) is 67.9. The average Bonchev–Trinajstić information content (AvgIpc) is 1.52. The van der Waals surface area contributed by atoms with Crippen molar-refractivity contribution in [1.29, 1.82) is 0 Å². The second-order valence-corrected chi connectivity index (χ2v) is 28.2. The van der Waals surface area contributed by atoms with E-state index in [2.05, 4.69) is 436 Å². The molecule has 4 nitrogen and oxygen atoms in total. The van der Waals surface area contributed by atoms with Gasteiger partial charge in [0, 0.05) is 38.6 Å². The zero-order valence-electron chi connectivity index (χ0n) is 58.8. The van der Waals surface area contributed by atoms with Gasteiger partial charge in [-0.15, -0.1) is 0 Å². The van der Waals surface area contributed by atoms with Gasteiger partial charge >= 0.3 is 7.12 Å². The van der Waals surface area contributed by atoms with Crippen molar-refractivity contribution in [2.45, 2.75) is 38.9 Å². The molecule has 17 rings (SSSR count). The quantitative estimate of drug-likeness (QED) is 0.101. The minimum Gasteiger partial charge on any atom is -0.399 e. The maximum Gasteiger partial charge on any atom is 0.494 e. The van der Waals surface area contributed by atoms with Gasteiger partial charge in [-0.2, -0.15) is 0 Å². The molecule has 0 amide bonds. The minimum absolute atomic E-state index is 0.372. The number of anilines is 6. The predicted octanol–water partition coefficient (Wildman–Crippen LogP) is 27.0. The standard InChI is InChI=1S/C46H33N.C36H34BNO2.C16H11Br/c1-4-10-34(11-5-1)37-20-26-44(27-21-37)47(45-28-22-38(23-29-45)35-12-6-2-7-13-35)46-30-24-39(25-31-46)42-19-17-40-16-18-41(32-43(40)33-42)36-14-8-3-9-15-36;1-35(2)36(3,4)40-37(39-35)31-19-25-34(26-20-31)38(32-21-15-29(16-22-32)27-11-7-5-8-12-27)33-23-17-30(18-24-33)28-13-9-6-10-14-28;17-16-9-8-13-6-7-14(10-15(13)11-16)12-4-2-1-3-5-12/h1-33H;5-26H,1-4H3;1-11H. The van der Waals surface area contributed by atoms with E-state index < -0.39 is 0 Å². The molecule has 0 aliphatic carbocycles. The van der Waals surface area contributed by atoms with Crippen LogP contribution in [0.25, 0.3) is 99.4 Å². The molecule has 502 valence electrons. The van der Waals surface area contributed by atoms with Crippen molar-refractivity contribution in [2.24, 2.45) is 0 Å². The van der Waals surface area contributed by atoms with Gasteiger partial charge in [-0.3, -0.25) is 0 Å². The van der Waals surface area contributed by atoms with E-state index in [1.807, 2.05) is 18.2 Å². The van der Waals surface area contributed by atoms with Crippen LogP contribution in [0.3, 0.4) is 0 Å². The van der Waals surface area contributed by atoms with Gasteiger partial charge in [-0.05, 0) is 236 Å². The van der Waals surface area contributed by atoms with Gasteiger partial charge in [0.15, 0.2) is 0 Å². The van der Waals surface area contributed by atoms with Crippen LogP contribution in [0.4, 0.5) is 34.1 Å². The molecule has 0 radical (unpaired) electrons. The Labute approximate surface area is 620 Å². The lowest BCUT2D eigenvalue weighted by atomic mass is 9.79. The van der Waals surface area contributed by atoms with Crippen LogP contribution in [0, 0.1) is 0 Å². The number of hydrogen-bond acceptors (Lipinski definition) is 4. The molecule has 1 fully saturated rings. The molecule has 0 spiro atoms.